The van der Waals surface area contributed by atoms with Crippen LogP contribution in [0.4, 0.5) is 4.39 Å². The number of aryl methyl sites for hydroxylation is 1. The molecular weight excluding hydrogens is 343 g/mol. The lowest BCUT2D eigenvalue weighted by Gasteiger charge is -2.09. The van der Waals surface area contributed by atoms with Gasteiger partial charge in [0.05, 0.1) is 6.42 Å². The number of nitrogens with one attached hydrogen (secondary N) is 1. The zero-order valence-corrected chi connectivity index (χ0v) is 15.6. The van der Waals surface area contributed by atoms with Crippen LogP contribution in [0.1, 0.15) is 22.7 Å². The Morgan fingerprint density at radius 1 is 1.11 bits per heavy atom. The third kappa shape index (κ3) is 3.61. The molecule has 2 heterocycles. The molecule has 5 nitrogen and oxygen atoms in total. The first-order valence-electron chi connectivity index (χ1n) is 8.83. The van der Waals surface area contributed by atoms with Gasteiger partial charge >= 0.3 is 0 Å². The molecule has 0 bridgehead atoms. The highest BCUT2D eigenvalue weighted by Crippen LogP contribution is 2.26. The van der Waals surface area contributed by atoms with Crippen LogP contribution in [0.25, 0.3) is 22.3 Å². The van der Waals surface area contributed by atoms with E-state index < -0.39 is 0 Å². The van der Waals surface area contributed by atoms with E-state index in [1.54, 1.807) is 6.07 Å². The van der Waals surface area contributed by atoms with Gasteiger partial charge in [-0.05, 0) is 50.3 Å². The molecular formula is C21H21FN4O. The predicted molar refractivity (Wildman–Crippen MR) is 103 cm³/mol. The van der Waals surface area contributed by atoms with Crippen molar-refractivity contribution in [2.75, 3.05) is 14.1 Å². The summed E-state index contributed by atoms with van der Waals surface area (Å²) in [5, 5.41) is 4.95. The van der Waals surface area contributed by atoms with Gasteiger partial charge in [0.1, 0.15) is 5.82 Å². The summed E-state index contributed by atoms with van der Waals surface area (Å²) in [6.45, 7) is 2.85. The first kappa shape index (κ1) is 17.4. The van der Waals surface area contributed by atoms with E-state index in [0.29, 0.717) is 18.1 Å². The Morgan fingerprint density at radius 3 is 2.63 bits per heavy atom. The van der Waals surface area contributed by atoms with Gasteiger partial charge in [-0.15, -0.1) is 0 Å². The Morgan fingerprint density at radius 2 is 1.89 bits per heavy atom. The fraction of sp³-hybridized carbons (Fsp3) is 0.238. The summed E-state index contributed by atoms with van der Waals surface area (Å²) < 4.78 is 19.1. The van der Waals surface area contributed by atoms with Crippen LogP contribution >= 0.6 is 0 Å². The minimum atomic E-state index is -0.258. The van der Waals surface area contributed by atoms with Gasteiger partial charge in [0, 0.05) is 28.7 Å². The van der Waals surface area contributed by atoms with Crippen LogP contribution in [0, 0.1) is 12.7 Å². The molecule has 0 fully saturated rings. The number of halogens is 1. The molecule has 0 amide bonds. The molecule has 1 N–H and O–H groups in total. The highest BCUT2D eigenvalue weighted by atomic mass is 19.1. The number of H-pyrrole nitrogens is 1. The van der Waals surface area contributed by atoms with Crippen LogP contribution in [0.2, 0.25) is 0 Å². The van der Waals surface area contributed by atoms with Gasteiger partial charge in [0.2, 0.25) is 11.7 Å². The summed E-state index contributed by atoms with van der Waals surface area (Å²) in [4.78, 5) is 9.91. The normalized spacial score (nSPS) is 11.6. The fourth-order valence-corrected chi connectivity index (χ4v) is 3.30. The zero-order chi connectivity index (χ0) is 19.0. The van der Waals surface area contributed by atoms with E-state index in [4.69, 9.17) is 4.52 Å². The summed E-state index contributed by atoms with van der Waals surface area (Å²) in [7, 11) is 4.08. The minimum absolute atomic E-state index is 0.258. The molecule has 0 unspecified atom stereocenters. The van der Waals surface area contributed by atoms with Crippen molar-refractivity contribution in [3.8, 4) is 11.4 Å². The average Bonchev–Trinajstić information content (AvgIpc) is 3.21. The molecule has 0 aliphatic rings. The van der Waals surface area contributed by atoms with E-state index in [0.717, 1.165) is 34.3 Å². The molecule has 0 saturated carbocycles. The second-order valence-electron chi connectivity index (χ2n) is 7.04. The molecule has 6 heteroatoms. The van der Waals surface area contributed by atoms with E-state index in [9.17, 15) is 4.39 Å². The molecule has 4 rings (SSSR count). The molecule has 0 spiro atoms. The van der Waals surface area contributed by atoms with Crippen LogP contribution in [0.15, 0.2) is 47.0 Å². The van der Waals surface area contributed by atoms with Gasteiger partial charge in [-0.3, -0.25) is 0 Å². The maximum absolute atomic E-state index is 13.6. The van der Waals surface area contributed by atoms with Crippen LogP contribution in [0.5, 0.6) is 0 Å². The van der Waals surface area contributed by atoms with Crippen LogP contribution in [-0.2, 0) is 13.0 Å². The van der Waals surface area contributed by atoms with Crippen molar-refractivity contribution in [3.05, 3.63) is 71.0 Å². The van der Waals surface area contributed by atoms with Gasteiger partial charge in [0.15, 0.2) is 0 Å². The summed E-state index contributed by atoms with van der Waals surface area (Å²) in [6.07, 6.45) is 0.459. The number of nitrogens with zero attached hydrogens (tertiary/aromatic N) is 3. The molecule has 27 heavy (non-hydrogen) atoms. The zero-order valence-electron chi connectivity index (χ0n) is 15.6. The Bertz CT molecular complexity index is 1080. The molecule has 4 aromatic rings. The van der Waals surface area contributed by atoms with E-state index in [1.807, 2.05) is 33.2 Å². The first-order chi connectivity index (χ1) is 13.0. The van der Waals surface area contributed by atoms with E-state index in [1.165, 1.54) is 17.7 Å². The number of hydrogen-bond acceptors (Lipinski definition) is 4. The molecule has 0 aliphatic carbocycles. The van der Waals surface area contributed by atoms with Crippen molar-refractivity contribution in [3.63, 3.8) is 0 Å². The van der Waals surface area contributed by atoms with Crippen LogP contribution < -0.4 is 0 Å². The Kier molecular flexibility index (Phi) is 4.49. The summed E-state index contributed by atoms with van der Waals surface area (Å²) in [5.74, 6) is 0.812. The van der Waals surface area contributed by atoms with Crippen molar-refractivity contribution in [1.82, 2.24) is 20.0 Å². The highest BCUT2D eigenvalue weighted by molar-refractivity contribution is 5.84. The average molecular weight is 364 g/mol. The maximum atomic E-state index is 13.6. The monoisotopic (exact) mass is 364 g/mol. The summed E-state index contributed by atoms with van der Waals surface area (Å²) >= 11 is 0. The van der Waals surface area contributed by atoms with Crippen molar-refractivity contribution in [2.45, 2.75) is 19.9 Å². The van der Waals surface area contributed by atoms with E-state index in [-0.39, 0.29) is 5.82 Å². The van der Waals surface area contributed by atoms with Gasteiger partial charge in [0.25, 0.3) is 0 Å². The van der Waals surface area contributed by atoms with Crippen molar-refractivity contribution >= 4 is 10.9 Å². The highest BCUT2D eigenvalue weighted by Gasteiger charge is 2.15. The van der Waals surface area contributed by atoms with Gasteiger partial charge < -0.3 is 14.4 Å². The number of fused-ring (bicyclic) bond motifs is 1. The Balaban J connectivity index is 1.58. The molecule has 2 aromatic heterocycles. The minimum Gasteiger partial charge on any atom is -0.358 e. The predicted octanol–water partition coefficient (Wildman–Crippen LogP) is 4.32. The van der Waals surface area contributed by atoms with Crippen LogP contribution in [0.3, 0.4) is 0 Å². The third-order valence-electron chi connectivity index (χ3n) is 4.59. The Labute approximate surface area is 156 Å². The van der Waals surface area contributed by atoms with Crippen molar-refractivity contribution in [1.29, 1.82) is 0 Å². The number of aromatic nitrogens is 3. The maximum Gasteiger partial charge on any atom is 0.231 e. The van der Waals surface area contributed by atoms with Crippen molar-refractivity contribution < 1.29 is 8.91 Å². The number of rotatable bonds is 5. The largest absolute Gasteiger partial charge is 0.358 e. The van der Waals surface area contributed by atoms with Crippen molar-refractivity contribution in [2.24, 2.45) is 0 Å². The molecule has 0 saturated heterocycles. The lowest BCUT2D eigenvalue weighted by Crippen LogP contribution is -2.10. The number of aromatic amines is 1. The standard InChI is InChI=1S/C21H21FN4O/c1-13-17(18-10-16(22)8-9-19(18)23-13)11-20-24-21(25-27-20)15-6-4-14(5-7-15)12-26(2)3/h4-10,23H,11-12H2,1-3H3. The van der Waals surface area contributed by atoms with E-state index >= 15 is 0 Å². The third-order valence-corrected chi connectivity index (χ3v) is 4.59. The lowest BCUT2D eigenvalue weighted by atomic mass is 10.1. The van der Waals surface area contributed by atoms with Gasteiger partial charge in [-0.1, -0.05) is 29.4 Å². The molecule has 0 radical (unpaired) electrons. The second-order valence-corrected chi connectivity index (χ2v) is 7.04. The lowest BCUT2D eigenvalue weighted by molar-refractivity contribution is 0.386. The summed E-state index contributed by atoms with van der Waals surface area (Å²) in [6, 6.07) is 12.9. The smallest absolute Gasteiger partial charge is 0.231 e. The molecule has 2 aromatic carbocycles. The van der Waals surface area contributed by atoms with Gasteiger partial charge in [-0.2, -0.15) is 4.98 Å². The quantitative estimate of drug-likeness (QED) is 0.573. The SMILES string of the molecule is Cc1[nH]c2ccc(F)cc2c1Cc1nc(-c2ccc(CN(C)C)cc2)no1. The summed E-state index contributed by atoms with van der Waals surface area (Å²) in [5.41, 5.74) is 4.99. The van der Waals surface area contributed by atoms with E-state index in [2.05, 4.69) is 32.2 Å². The first-order valence-corrected chi connectivity index (χ1v) is 8.83. The number of benzene rings is 2. The second kappa shape index (κ2) is 6.96. The van der Waals surface area contributed by atoms with Gasteiger partial charge in [-0.25, -0.2) is 4.39 Å². The Hall–Kier alpha value is -2.99. The molecule has 138 valence electrons. The topological polar surface area (TPSA) is 58.0 Å². The fourth-order valence-electron chi connectivity index (χ4n) is 3.30. The molecule has 0 atom stereocenters. The molecule has 0 aliphatic heterocycles. The number of hydrogen-bond donors (Lipinski definition) is 1. The van der Waals surface area contributed by atoms with Crippen LogP contribution in [-0.4, -0.2) is 34.1 Å².